The van der Waals surface area contributed by atoms with Gasteiger partial charge in [0, 0.05) is 10.6 Å². The van der Waals surface area contributed by atoms with E-state index >= 15 is 0 Å². The number of anilines is 1. The van der Waals surface area contributed by atoms with Crippen molar-refractivity contribution in [3.8, 4) is 22.8 Å². The lowest BCUT2D eigenvalue weighted by Gasteiger charge is -2.13. The molecule has 8 heteroatoms. The highest BCUT2D eigenvalue weighted by atomic mass is 35.5. The topological polar surface area (TPSA) is 69.0 Å². The number of aromatic nitrogens is 3. The molecule has 4 rings (SSSR count). The zero-order chi connectivity index (χ0) is 22.5. The number of methoxy groups -OCH3 is 1. The first-order valence-corrected chi connectivity index (χ1v) is 11.3. The lowest BCUT2D eigenvalue weighted by molar-refractivity contribution is -0.113. The van der Waals surface area contributed by atoms with Crippen molar-refractivity contribution < 1.29 is 9.53 Å². The Hall–Kier alpha value is -3.29. The van der Waals surface area contributed by atoms with Crippen LogP contribution in [0.15, 0.2) is 78.0 Å². The molecule has 6 nitrogen and oxygen atoms in total. The van der Waals surface area contributed by atoms with Gasteiger partial charge in [0.2, 0.25) is 5.91 Å². The Bertz CT molecular complexity index is 1240. The standard InChI is InChI=1S/C24H21ClN4O2S/c1-16-7-3-5-9-20(16)29-23(17-11-13-18(25)14-12-17)27-28-24(29)32-15-22(30)26-19-8-4-6-10-21(19)31-2/h3-14H,15H2,1-2H3,(H,26,30). The number of carbonyl (C=O) groups excluding carboxylic acids is 1. The fraction of sp³-hybridized carbons (Fsp3) is 0.125. The normalized spacial score (nSPS) is 10.7. The first-order valence-electron chi connectivity index (χ1n) is 9.90. The van der Waals surface area contributed by atoms with E-state index in [-0.39, 0.29) is 11.7 Å². The lowest BCUT2D eigenvalue weighted by atomic mass is 10.1. The predicted octanol–water partition coefficient (Wildman–Crippen LogP) is 5.64. The van der Waals surface area contributed by atoms with E-state index in [1.807, 2.05) is 72.2 Å². The SMILES string of the molecule is COc1ccccc1NC(=O)CSc1nnc(-c2ccc(Cl)cc2)n1-c1ccccc1C. The molecule has 0 aliphatic heterocycles. The summed E-state index contributed by atoms with van der Waals surface area (Å²) in [7, 11) is 1.57. The highest BCUT2D eigenvalue weighted by Crippen LogP contribution is 2.30. The predicted molar refractivity (Wildman–Crippen MR) is 129 cm³/mol. The van der Waals surface area contributed by atoms with Crippen LogP contribution in [0.5, 0.6) is 5.75 Å². The third-order valence-corrected chi connectivity index (χ3v) is 5.99. The minimum atomic E-state index is -0.160. The lowest BCUT2D eigenvalue weighted by Crippen LogP contribution is -2.15. The van der Waals surface area contributed by atoms with E-state index in [9.17, 15) is 4.79 Å². The fourth-order valence-corrected chi connectivity index (χ4v) is 4.12. The number of para-hydroxylation sites is 3. The van der Waals surface area contributed by atoms with Crippen molar-refractivity contribution in [2.24, 2.45) is 0 Å². The van der Waals surface area contributed by atoms with Gasteiger partial charge in [0.05, 0.1) is 24.2 Å². The number of halogens is 1. The van der Waals surface area contributed by atoms with Gasteiger partial charge >= 0.3 is 0 Å². The van der Waals surface area contributed by atoms with Crippen molar-refractivity contribution in [1.29, 1.82) is 0 Å². The van der Waals surface area contributed by atoms with E-state index < -0.39 is 0 Å². The second-order valence-electron chi connectivity index (χ2n) is 6.97. The van der Waals surface area contributed by atoms with Crippen LogP contribution >= 0.6 is 23.4 Å². The van der Waals surface area contributed by atoms with Crippen molar-refractivity contribution in [3.05, 3.63) is 83.4 Å². The Morgan fingerprint density at radius 2 is 1.75 bits per heavy atom. The van der Waals surface area contributed by atoms with Crippen LogP contribution in [0.2, 0.25) is 5.02 Å². The summed E-state index contributed by atoms with van der Waals surface area (Å²) in [5.74, 6) is 1.30. The zero-order valence-electron chi connectivity index (χ0n) is 17.6. The fourth-order valence-electron chi connectivity index (χ4n) is 3.25. The molecule has 0 saturated carbocycles. The number of amides is 1. The molecule has 0 spiro atoms. The van der Waals surface area contributed by atoms with E-state index in [1.54, 1.807) is 19.2 Å². The number of nitrogens with one attached hydrogen (secondary N) is 1. The largest absolute Gasteiger partial charge is 0.495 e. The number of hydrogen-bond donors (Lipinski definition) is 1. The third-order valence-electron chi connectivity index (χ3n) is 4.81. The Morgan fingerprint density at radius 1 is 1.03 bits per heavy atom. The van der Waals surface area contributed by atoms with Gasteiger partial charge in [0.25, 0.3) is 0 Å². The summed E-state index contributed by atoms with van der Waals surface area (Å²) in [5, 5.41) is 13.0. The Morgan fingerprint density at radius 3 is 2.50 bits per heavy atom. The van der Waals surface area contributed by atoms with Crippen molar-refractivity contribution in [1.82, 2.24) is 14.8 Å². The molecule has 0 aliphatic carbocycles. The van der Waals surface area contributed by atoms with Gasteiger partial charge in [0.15, 0.2) is 11.0 Å². The molecule has 0 fully saturated rings. The van der Waals surface area contributed by atoms with Crippen LogP contribution in [-0.4, -0.2) is 33.5 Å². The number of hydrogen-bond acceptors (Lipinski definition) is 5. The van der Waals surface area contributed by atoms with Gasteiger partial charge in [-0.25, -0.2) is 0 Å². The van der Waals surface area contributed by atoms with Crippen molar-refractivity contribution in [3.63, 3.8) is 0 Å². The number of rotatable bonds is 7. The molecular weight excluding hydrogens is 444 g/mol. The molecule has 162 valence electrons. The highest BCUT2D eigenvalue weighted by molar-refractivity contribution is 7.99. The molecule has 3 aromatic carbocycles. The molecule has 1 amide bonds. The molecular formula is C24H21ClN4O2S. The first-order chi connectivity index (χ1) is 15.6. The maximum Gasteiger partial charge on any atom is 0.234 e. The van der Waals surface area contributed by atoms with Crippen molar-refractivity contribution in [2.75, 3.05) is 18.2 Å². The van der Waals surface area contributed by atoms with Crippen molar-refractivity contribution in [2.45, 2.75) is 12.1 Å². The Balaban J connectivity index is 1.62. The first kappa shape index (κ1) is 21.9. The van der Waals surface area contributed by atoms with Gasteiger partial charge in [-0.1, -0.05) is 53.7 Å². The minimum Gasteiger partial charge on any atom is -0.495 e. The number of ether oxygens (including phenoxy) is 1. The maximum atomic E-state index is 12.6. The van der Waals surface area contributed by atoms with Crippen LogP contribution in [0.25, 0.3) is 17.1 Å². The summed E-state index contributed by atoms with van der Waals surface area (Å²) in [4.78, 5) is 12.6. The Labute approximate surface area is 195 Å². The summed E-state index contributed by atoms with van der Waals surface area (Å²) in [6.07, 6.45) is 0. The number of aryl methyl sites for hydroxylation is 1. The van der Waals surface area contributed by atoms with Crippen molar-refractivity contribution >= 4 is 35.0 Å². The third kappa shape index (κ3) is 4.79. The number of thioether (sulfide) groups is 1. The summed E-state index contributed by atoms with van der Waals surface area (Å²) < 4.78 is 7.27. The summed E-state index contributed by atoms with van der Waals surface area (Å²) in [6, 6.07) is 22.8. The highest BCUT2D eigenvalue weighted by Gasteiger charge is 2.19. The van der Waals surface area contributed by atoms with Crippen LogP contribution in [-0.2, 0) is 4.79 Å². The Kier molecular flexibility index (Phi) is 6.78. The quantitative estimate of drug-likeness (QED) is 0.359. The zero-order valence-corrected chi connectivity index (χ0v) is 19.2. The molecule has 1 aromatic heterocycles. The van der Waals surface area contributed by atoms with Crippen LogP contribution in [0.1, 0.15) is 5.56 Å². The number of nitrogens with zero attached hydrogens (tertiary/aromatic N) is 3. The van der Waals surface area contributed by atoms with Gasteiger partial charge < -0.3 is 10.1 Å². The van der Waals surface area contributed by atoms with E-state index in [0.717, 1.165) is 16.8 Å². The molecule has 4 aromatic rings. The second-order valence-corrected chi connectivity index (χ2v) is 8.35. The smallest absolute Gasteiger partial charge is 0.234 e. The molecule has 32 heavy (non-hydrogen) atoms. The van der Waals surface area contributed by atoms with E-state index in [1.165, 1.54) is 11.8 Å². The van der Waals surface area contributed by atoms with E-state index in [2.05, 4.69) is 15.5 Å². The van der Waals surface area contributed by atoms with E-state index in [0.29, 0.717) is 27.4 Å². The van der Waals surface area contributed by atoms with Gasteiger partial charge in [-0.15, -0.1) is 10.2 Å². The monoisotopic (exact) mass is 464 g/mol. The van der Waals surface area contributed by atoms with Gasteiger partial charge in [-0.2, -0.15) is 0 Å². The molecule has 0 radical (unpaired) electrons. The van der Waals surface area contributed by atoms with Crippen LogP contribution in [0, 0.1) is 6.92 Å². The molecule has 0 unspecified atom stereocenters. The van der Waals surface area contributed by atoms with Gasteiger partial charge in [-0.3, -0.25) is 9.36 Å². The number of benzene rings is 3. The molecule has 1 N–H and O–H groups in total. The molecule has 0 saturated heterocycles. The maximum absolute atomic E-state index is 12.6. The van der Waals surface area contributed by atoms with Crippen LogP contribution in [0.4, 0.5) is 5.69 Å². The average Bonchev–Trinajstić information content (AvgIpc) is 3.22. The molecule has 0 aliphatic rings. The number of carbonyl (C=O) groups is 1. The summed E-state index contributed by atoms with van der Waals surface area (Å²) in [5.41, 5.74) is 3.54. The van der Waals surface area contributed by atoms with Crippen LogP contribution < -0.4 is 10.1 Å². The molecule has 1 heterocycles. The van der Waals surface area contributed by atoms with Gasteiger partial charge in [0.1, 0.15) is 5.75 Å². The summed E-state index contributed by atoms with van der Waals surface area (Å²) in [6.45, 7) is 2.03. The minimum absolute atomic E-state index is 0.160. The molecule has 0 atom stereocenters. The molecule has 0 bridgehead atoms. The average molecular weight is 465 g/mol. The van der Waals surface area contributed by atoms with Gasteiger partial charge in [-0.05, 0) is 55.0 Å². The second kappa shape index (κ2) is 9.89. The van der Waals surface area contributed by atoms with E-state index in [4.69, 9.17) is 16.3 Å². The summed E-state index contributed by atoms with van der Waals surface area (Å²) >= 11 is 7.38. The van der Waals surface area contributed by atoms with Crippen LogP contribution in [0.3, 0.4) is 0 Å².